The average molecular weight is 419 g/mol. The number of methoxy groups -OCH3 is 1. The first-order chi connectivity index (χ1) is 13.5. The molecule has 1 N–H and O–H groups in total. The van der Waals surface area contributed by atoms with Crippen LogP contribution in [-0.2, 0) is 15.4 Å². The lowest BCUT2D eigenvalue weighted by molar-refractivity contribution is 0.102. The molecule has 0 saturated heterocycles. The van der Waals surface area contributed by atoms with E-state index < -0.39 is 10.0 Å². The monoisotopic (exact) mass is 418 g/mol. The number of hydrogen-bond acceptors (Lipinski definition) is 4. The Morgan fingerprint density at radius 1 is 1.03 bits per heavy atom. The van der Waals surface area contributed by atoms with Gasteiger partial charge in [-0.1, -0.05) is 40.7 Å². The molecule has 0 aliphatic heterocycles. The number of carbonyl (C=O) groups excluding carboxylic acids is 1. The van der Waals surface area contributed by atoms with E-state index in [0.29, 0.717) is 30.1 Å². The summed E-state index contributed by atoms with van der Waals surface area (Å²) in [5.74, 6) is 0.230. The molecule has 0 unspecified atom stereocenters. The topological polar surface area (TPSA) is 75.7 Å². The highest BCUT2D eigenvalue weighted by Gasteiger charge is 2.22. The van der Waals surface area contributed by atoms with E-state index in [1.54, 1.807) is 21.0 Å². The quantitative estimate of drug-likeness (QED) is 0.728. The second-order valence-electron chi connectivity index (χ2n) is 7.73. The van der Waals surface area contributed by atoms with E-state index in [0.717, 1.165) is 5.56 Å². The Bertz CT molecular complexity index is 957. The Morgan fingerprint density at radius 2 is 1.62 bits per heavy atom. The van der Waals surface area contributed by atoms with Gasteiger partial charge in [0.05, 0.1) is 17.7 Å². The number of benzene rings is 2. The number of carbonyl (C=O) groups is 1. The van der Waals surface area contributed by atoms with Gasteiger partial charge in [0.15, 0.2) is 0 Å². The highest BCUT2D eigenvalue weighted by molar-refractivity contribution is 7.89. The first-order valence-electron chi connectivity index (χ1n) is 9.64. The standard InChI is InChI=1S/C22H30N2O4S/c1-7-24(8-2)29(26,27)18-12-9-16(10-13-18)21(25)23-19-15-17(22(3,4)5)11-14-20(19)28-6/h9-15H,7-8H2,1-6H3,(H,23,25). The summed E-state index contributed by atoms with van der Waals surface area (Å²) in [7, 11) is -2.00. The average Bonchev–Trinajstić information content (AvgIpc) is 2.68. The molecule has 0 saturated carbocycles. The third kappa shape index (κ3) is 5.16. The molecule has 2 aromatic carbocycles. The first-order valence-corrected chi connectivity index (χ1v) is 11.1. The zero-order chi connectivity index (χ0) is 21.8. The molecule has 2 aromatic rings. The van der Waals surface area contributed by atoms with Gasteiger partial charge >= 0.3 is 0 Å². The summed E-state index contributed by atoms with van der Waals surface area (Å²) in [5.41, 5.74) is 1.93. The maximum absolute atomic E-state index is 12.7. The van der Waals surface area contributed by atoms with E-state index >= 15 is 0 Å². The van der Waals surface area contributed by atoms with Crippen LogP contribution in [-0.4, -0.2) is 38.8 Å². The van der Waals surface area contributed by atoms with Crippen molar-refractivity contribution >= 4 is 21.6 Å². The molecule has 0 radical (unpaired) electrons. The van der Waals surface area contributed by atoms with Gasteiger partial charge in [-0.2, -0.15) is 4.31 Å². The van der Waals surface area contributed by atoms with Crippen LogP contribution in [0.2, 0.25) is 0 Å². The smallest absolute Gasteiger partial charge is 0.255 e. The van der Waals surface area contributed by atoms with Crippen LogP contribution in [0.1, 0.15) is 50.5 Å². The summed E-state index contributed by atoms with van der Waals surface area (Å²) >= 11 is 0. The SMILES string of the molecule is CCN(CC)S(=O)(=O)c1ccc(C(=O)Nc2cc(C(C)(C)C)ccc2OC)cc1. The number of rotatable bonds is 7. The number of ether oxygens (including phenoxy) is 1. The fraction of sp³-hybridized carbons (Fsp3) is 0.409. The molecule has 1 amide bonds. The lowest BCUT2D eigenvalue weighted by atomic mass is 9.87. The van der Waals surface area contributed by atoms with Crippen molar-refractivity contribution in [1.29, 1.82) is 0 Å². The third-order valence-corrected chi connectivity index (χ3v) is 6.84. The molecule has 0 bridgehead atoms. The predicted octanol–water partition coefficient (Wildman–Crippen LogP) is 4.28. The minimum absolute atomic E-state index is 0.0772. The summed E-state index contributed by atoms with van der Waals surface area (Å²) in [6, 6.07) is 11.7. The summed E-state index contributed by atoms with van der Waals surface area (Å²) in [5, 5.41) is 2.87. The molecule has 0 aliphatic carbocycles. The van der Waals surface area contributed by atoms with Crippen molar-refractivity contribution in [3.63, 3.8) is 0 Å². The first kappa shape index (κ1) is 22.9. The fourth-order valence-corrected chi connectivity index (χ4v) is 4.42. The number of anilines is 1. The lowest BCUT2D eigenvalue weighted by Gasteiger charge is -2.21. The maximum Gasteiger partial charge on any atom is 0.255 e. The van der Waals surface area contributed by atoms with Gasteiger partial charge in [-0.15, -0.1) is 0 Å². The summed E-state index contributed by atoms with van der Waals surface area (Å²) in [6.07, 6.45) is 0. The molecular weight excluding hydrogens is 388 g/mol. The van der Waals surface area contributed by atoms with Crippen molar-refractivity contribution in [1.82, 2.24) is 4.31 Å². The number of nitrogens with zero attached hydrogens (tertiary/aromatic N) is 1. The zero-order valence-electron chi connectivity index (χ0n) is 17.9. The number of hydrogen-bond donors (Lipinski definition) is 1. The van der Waals surface area contributed by atoms with Crippen LogP contribution < -0.4 is 10.1 Å². The molecular formula is C22H30N2O4S. The Balaban J connectivity index is 2.29. The molecule has 0 heterocycles. The molecule has 0 atom stereocenters. The van der Waals surface area contributed by atoms with Gasteiger partial charge in [-0.05, 0) is 47.4 Å². The van der Waals surface area contributed by atoms with Gasteiger partial charge in [0, 0.05) is 18.7 Å². The molecule has 29 heavy (non-hydrogen) atoms. The van der Waals surface area contributed by atoms with Crippen molar-refractivity contribution in [3.05, 3.63) is 53.6 Å². The highest BCUT2D eigenvalue weighted by atomic mass is 32.2. The Labute approximate surface area is 173 Å². The lowest BCUT2D eigenvalue weighted by Crippen LogP contribution is -2.30. The second-order valence-corrected chi connectivity index (χ2v) is 9.67. The van der Waals surface area contributed by atoms with Crippen molar-refractivity contribution in [2.45, 2.75) is 44.9 Å². The molecule has 0 aliphatic rings. The minimum Gasteiger partial charge on any atom is -0.495 e. The Morgan fingerprint density at radius 3 is 2.10 bits per heavy atom. The van der Waals surface area contributed by atoms with Crippen molar-refractivity contribution in [2.75, 3.05) is 25.5 Å². The molecule has 0 fully saturated rings. The fourth-order valence-electron chi connectivity index (χ4n) is 2.96. The summed E-state index contributed by atoms with van der Waals surface area (Å²) < 4.78 is 31.9. The van der Waals surface area contributed by atoms with Crippen molar-refractivity contribution in [2.24, 2.45) is 0 Å². The molecule has 158 valence electrons. The van der Waals surface area contributed by atoms with Crippen LogP contribution in [0, 0.1) is 0 Å². The summed E-state index contributed by atoms with van der Waals surface area (Å²) in [4.78, 5) is 12.9. The van der Waals surface area contributed by atoms with Crippen LogP contribution in [0.25, 0.3) is 0 Å². The largest absolute Gasteiger partial charge is 0.495 e. The summed E-state index contributed by atoms with van der Waals surface area (Å²) in [6.45, 7) is 10.7. The van der Waals surface area contributed by atoms with Crippen molar-refractivity contribution in [3.8, 4) is 5.75 Å². The van der Waals surface area contributed by atoms with Gasteiger partial charge in [0.25, 0.3) is 5.91 Å². The number of amides is 1. The van der Waals surface area contributed by atoms with Crippen LogP contribution in [0.5, 0.6) is 5.75 Å². The maximum atomic E-state index is 12.7. The van der Waals surface area contributed by atoms with Gasteiger partial charge < -0.3 is 10.1 Å². The van der Waals surface area contributed by atoms with Crippen LogP contribution in [0.3, 0.4) is 0 Å². The van der Waals surface area contributed by atoms with Crippen LogP contribution in [0.4, 0.5) is 5.69 Å². The van der Waals surface area contributed by atoms with E-state index in [1.807, 2.05) is 18.2 Å². The highest BCUT2D eigenvalue weighted by Crippen LogP contribution is 2.31. The van der Waals surface area contributed by atoms with E-state index in [-0.39, 0.29) is 16.2 Å². The van der Waals surface area contributed by atoms with Gasteiger partial charge in [0.1, 0.15) is 5.75 Å². The Kier molecular flexibility index (Phi) is 7.08. The van der Waals surface area contributed by atoms with Gasteiger partial charge in [-0.25, -0.2) is 8.42 Å². The number of sulfonamides is 1. The van der Waals surface area contributed by atoms with E-state index in [2.05, 4.69) is 26.1 Å². The minimum atomic E-state index is -3.55. The van der Waals surface area contributed by atoms with E-state index in [4.69, 9.17) is 4.74 Å². The molecule has 0 spiro atoms. The normalized spacial score (nSPS) is 12.1. The Hall–Kier alpha value is -2.38. The molecule has 7 heteroatoms. The van der Waals surface area contributed by atoms with E-state index in [9.17, 15) is 13.2 Å². The third-order valence-electron chi connectivity index (χ3n) is 4.77. The van der Waals surface area contributed by atoms with Crippen LogP contribution >= 0.6 is 0 Å². The van der Waals surface area contributed by atoms with E-state index in [1.165, 1.54) is 28.6 Å². The zero-order valence-corrected chi connectivity index (χ0v) is 18.8. The predicted molar refractivity (Wildman–Crippen MR) is 116 cm³/mol. The van der Waals surface area contributed by atoms with Gasteiger partial charge in [0.2, 0.25) is 10.0 Å². The number of nitrogens with one attached hydrogen (secondary N) is 1. The van der Waals surface area contributed by atoms with Crippen LogP contribution in [0.15, 0.2) is 47.4 Å². The van der Waals surface area contributed by atoms with Crippen molar-refractivity contribution < 1.29 is 17.9 Å². The van der Waals surface area contributed by atoms with Gasteiger partial charge in [-0.3, -0.25) is 4.79 Å². The molecule has 0 aromatic heterocycles. The molecule has 2 rings (SSSR count). The molecule has 6 nitrogen and oxygen atoms in total. The second kappa shape index (κ2) is 8.97.